The van der Waals surface area contributed by atoms with Gasteiger partial charge < -0.3 is 29.9 Å². The molecule has 0 bridgehead atoms. The van der Waals surface area contributed by atoms with Gasteiger partial charge in [-0.2, -0.15) is 0 Å². The fraction of sp³-hybridized carbons (Fsp3) is 0.429. The minimum absolute atomic E-state index is 0.565. The van der Waals surface area contributed by atoms with Crippen molar-refractivity contribution in [2.24, 2.45) is 0 Å². The minimum atomic E-state index is -1.29. The molecule has 0 radical (unpaired) electrons. The third-order valence-corrected chi connectivity index (χ3v) is 5.26. The molecule has 2 aromatic carbocycles. The highest BCUT2D eigenvalue weighted by Crippen LogP contribution is 2.36. The second kappa shape index (κ2) is 9.22. The number of halogens is 1. The lowest BCUT2D eigenvalue weighted by Gasteiger charge is -2.19. The number of hydrogen-bond acceptors (Lipinski definition) is 6. The van der Waals surface area contributed by atoms with Crippen LogP contribution in [0, 0.1) is 0 Å². The van der Waals surface area contributed by atoms with Gasteiger partial charge in [0.15, 0.2) is 0 Å². The molecule has 0 aromatic heterocycles. The van der Waals surface area contributed by atoms with Crippen molar-refractivity contribution in [1.82, 2.24) is 0 Å². The minimum Gasteiger partial charge on any atom is -0.494 e. The van der Waals surface area contributed by atoms with Gasteiger partial charge in [0.05, 0.1) is 13.2 Å². The molecule has 5 atom stereocenters. The van der Waals surface area contributed by atoms with Crippen LogP contribution in [0.15, 0.2) is 42.5 Å². The van der Waals surface area contributed by atoms with E-state index < -0.39 is 37.1 Å². The molecule has 1 heterocycles. The lowest BCUT2D eigenvalue weighted by Crippen LogP contribution is -2.40. The third kappa shape index (κ3) is 4.49. The van der Waals surface area contributed by atoms with Gasteiger partial charge in [0, 0.05) is 5.02 Å². The van der Waals surface area contributed by atoms with E-state index in [0.29, 0.717) is 23.6 Å². The Bertz CT molecular complexity index is 781. The van der Waals surface area contributed by atoms with Crippen molar-refractivity contribution < 1.29 is 29.9 Å². The van der Waals surface area contributed by atoms with E-state index in [4.69, 9.17) is 26.2 Å². The van der Waals surface area contributed by atoms with Crippen molar-refractivity contribution in [2.75, 3.05) is 13.2 Å². The lowest BCUT2D eigenvalue weighted by molar-refractivity contribution is -0.0820. The number of ether oxygens (including phenoxy) is 2. The maximum atomic E-state index is 10.3. The zero-order valence-corrected chi connectivity index (χ0v) is 16.3. The highest BCUT2D eigenvalue weighted by Gasteiger charge is 2.46. The molecule has 1 aliphatic rings. The topological polar surface area (TPSA) is 99.4 Å². The first-order valence-corrected chi connectivity index (χ1v) is 9.63. The number of aliphatic hydroxyl groups is 4. The van der Waals surface area contributed by atoms with Gasteiger partial charge in [-0.25, -0.2) is 0 Å². The van der Waals surface area contributed by atoms with Gasteiger partial charge in [-0.3, -0.25) is 0 Å². The molecule has 2 aromatic rings. The Morgan fingerprint density at radius 1 is 1.11 bits per heavy atom. The van der Waals surface area contributed by atoms with Crippen molar-refractivity contribution in [3.8, 4) is 5.75 Å². The number of aliphatic hydroxyl groups excluding tert-OH is 4. The van der Waals surface area contributed by atoms with Crippen LogP contribution in [-0.2, 0) is 11.2 Å². The van der Waals surface area contributed by atoms with Crippen LogP contribution in [0.25, 0.3) is 0 Å². The predicted octanol–water partition coefficient (Wildman–Crippen LogP) is 1.84. The summed E-state index contributed by atoms with van der Waals surface area (Å²) in [6.07, 6.45) is -5.09. The number of rotatable bonds is 7. The molecule has 1 aliphatic heterocycles. The average molecular weight is 409 g/mol. The molecule has 3 rings (SSSR count). The third-order valence-electron chi connectivity index (χ3n) is 4.89. The molecule has 1 fully saturated rings. The first-order chi connectivity index (χ1) is 13.4. The molecule has 28 heavy (non-hydrogen) atoms. The summed E-state index contributed by atoms with van der Waals surface area (Å²) in [6, 6.07) is 13.0. The van der Waals surface area contributed by atoms with E-state index in [1.165, 1.54) is 0 Å². The number of hydrogen-bond donors (Lipinski definition) is 4. The predicted molar refractivity (Wildman–Crippen MR) is 105 cm³/mol. The summed E-state index contributed by atoms with van der Waals surface area (Å²) in [4.78, 5) is 0. The van der Waals surface area contributed by atoms with Gasteiger partial charge in [0.2, 0.25) is 0 Å². The van der Waals surface area contributed by atoms with Crippen LogP contribution >= 0.6 is 11.6 Å². The molecule has 152 valence electrons. The van der Waals surface area contributed by atoms with Crippen LogP contribution < -0.4 is 4.74 Å². The van der Waals surface area contributed by atoms with Crippen LogP contribution in [0.2, 0.25) is 5.02 Å². The van der Waals surface area contributed by atoms with E-state index in [2.05, 4.69) is 0 Å². The molecule has 0 saturated carbocycles. The number of benzene rings is 2. The molecule has 0 spiro atoms. The van der Waals surface area contributed by atoms with E-state index >= 15 is 0 Å². The Labute approximate surface area is 168 Å². The second-order valence-electron chi connectivity index (χ2n) is 6.86. The largest absolute Gasteiger partial charge is 0.494 e. The molecule has 0 aliphatic carbocycles. The molecular formula is C21H25ClO6. The summed E-state index contributed by atoms with van der Waals surface area (Å²) >= 11 is 6.35. The van der Waals surface area contributed by atoms with Crippen molar-refractivity contribution in [2.45, 2.75) is 43.9 Å². The van der Waals surface area contributed by atoms with E-state index in [1.807, 2.05) is 37.3 Å². The molecule has 0 amide bonds. The fourth-order valence-corrected chi connectivity index (χ4v) is 3.58. The molecule has 0 unspecified atom stereocenters. The van der Waals surface area contributed by atoms with E-state index in [9.17, 15) is 15.3 Å². The Morgan fingerprint density at radius 3 is 2.46 bits per heavy atom. The Kier molecular flexibility index (Phi) is 6.93. The normalized spacial score (nSPS) is 25.6. The van der Waals surface area contributed by atoms with E-state index in [0.717, 1.165) is 16.9 Å². The average Bonchev–Trinajstić information content (AvgIpc) is 3.00. The van der Waals surface area contributed by atoms with Crippen LogP contribution in [-0.4, -0.2) is 58.1 Å². The van der Waals surface area contributed by atoms with E-state index in [1.54, 1.807) is 12.1 Å². The van der Waals surface area contributed by atoms with Gasteiger partial charge in [0.25, 0.3) is 0 Å². The first-order valence-electron chi connectivity index (χ1n) is 9.25. The van der Waals surface area contributed by atoms with Crippen molar-refractivity contribution in [3.63, 3.8) is 0 Å². The van der Waals surface area contributed by atoms with Crippen molar-refractivity contribution >= 4 is 11.6 Å². The first kappa shape index (κ1) is 21.0. The van der Waals surface area contributed by atoms with Crippen LogP contribution in [0.4, 0.5) is 0 Å². The van der Waals surface area contributed by atoms with Crippen LogP contribution in [0.5, 0.6) is 5.75 Å². The zero-order chi connectivity index (χ0) is 20.3. The summed E-state index contributed by atoms with van der Waals surface area (Å²) in [5, 5.41) is 40.0. The second-order valence-corrected chi connectivity index (χ2v) is 7.26. The summed E-state index contributed by atoms with van der Waals surface area (Å²) in [5.74, 6) is 0.802. The van der Waals surface area contributed by atoms with Gasteiger partial charge >= 0.3 is 0 Å². The zero-order valence-electron chi connectivity index (χ0n) is 15.5. The maximum Gasteiger partial charge on any atom is 0.119 e. The quantitative estimate of drug-likeness (QED) is 0.558. The smallest absolute Gasteiger partial charge is 0.119 e. The fourth-order valence-electron chi connectivity index (χ4n) is 3.40. The molecule has 7 heteroatoms. The van der Waals surface area contributed by atoms with Gasteiger partial charge in [-0.15, -0.1) is 0 Å². The van der Waals surface area contributed by atoms with Gasteiger partial charge in [-0.05, 0) is 48.2 Å². The summed E-state index contributed by atoms with van der Waals surface area (Å²) in [6.45, 7) is 1.97. The summed E-state index contributed by atoms with van der Waals surface area (Å²) in [5.41, 5.74) is 2.54. The van der Waals surface area contributed by atoms with E-state index in [-0.39, 0.29) is 0 Å². The highest BCUT2D eigenvalue weighted by molar-refractivity contribution is 6.31. The molecule has 4 N–H and O–H groups in total. The van der Waals surface area contributed by atoms with Crippen LogP contribution in [0.1, 0.15) is 29.7 Å². The van der Waals surface area contributed by atoms with Gasteiger partial charge in [-0.1, -0.05) is 35.9 Å². The Morgan fingerprint density at radius 2 is 1.82 bits per heavy atom. The maximum absolute atomic E-state index is 10.3. The molecular weight excluding hydrogens is 384 g/mol. The van der Waals surface area contributed by atoms with Crippen molar-refractivity contribution in [3.05, 3.63) is 64.2 Å². The SMILES string of the molecule is CCOc1ccc(Cc2cc([C@@H]3O[C@@H]([C@H](O)CO)[C@H](O)[C@H]3O)ccc2Cl)cc1. The lowest BCUT2D eigenvalue weighted by atomic mass is 9.96. The highest BCUT2D eigenvalue weighted by atomic mass is 35.5. The summed E-state index contributed by atoms with van der Waals surface area (Å²) in [7, 11) is 0. The van der Waals surface area contributed by atoms with Gasteiger partial charge in [0.1, 0.15) is 36.3 Å². The molecule has 1 saturated heterocycles. The van der Waals surface area contributed by atoms with Crippen LogP contribution in [0.3, 0.4) is 0 Å². The monoisotopic (exact) mass is 408 g/mol. The Hall–Kier alpha value is -1.67. The standard InChI is InChI=1S/C21H25ClO6/c1-2-27-15-6-3-12(4-7-15)9-14-10-13(5-8-16(14)22)20-18(25)19(26)21(28-20)17(24)11-23/h3-8,10,17-21,23-26H,2,9,11H2,1H3/t17-,18-,19-,20+,21+/m1/s1. The summed E-state index contributed by atoms with van der Waals surface area (Å²) < 4.78 is 11.1. The molecule has 6 nitrogen and oxygen atoms in total. The Balaban J connectivity index is 1.79. The van der Waals surface area contributed by atoms with Crippen molar-refractivity contribution in [1.29, 1.82) is 0 Å².